The lowest BCUT2D eigenvalue weighted by atomic mass is 10.2. The molecule has 92 valence electrons. The molecular formula is C13H16BrNO2. The van der Waals surface area contributed by atoms with Crippen molar-refractivity contribution in [3.63, 3.8) is 0 Å². The Morgan fingerprint density at radius 3 is 2.94 bits per heavy atom. The van der Waals surface area contributed by atoms with Crippen LogP contribution < -0.4 is 5.32 Å². The predicted molar refractivity (Wildman–Crippen MR) is 70.0 cm³/mol. The summed E-state index contributed by atoms with van der Waals surface area (Å²) >= 11 is 3.36. The van der Waals surface area contributed by atoms with Crippen molar-refractivity contribution in [3.8, 4) is 0 Å². The van der Waals surface area contributed by atoms with E-state index in [4.69, 9.17) is 4.74 Å². The number of benzene rings is 1. The zero-order chi connectivity index (χ0) is 12.3. The molecule has 0 radical (unpaired) electrons. The zero-order valence-corrected chi connectivity index (χ0v) is 11.4. The average Bonchev–Trinajstić information content (AvgIpc) is 2.77. The molecule has 0 heterocycles. The fourth-order valence-corrected chi connectivity index (χ4v) is 2.58. The normalized spacial score (nSPS) is 23.6. The number of halogens is 1. The first-order valence-electron chi connectivity index (χ1n) is 5.78. The molecular weight excluding hydrogens is 282 g/mol. The van der Waals surface area contributed by atoms with Crippen LogP contribution in [0.2, 0.25) is 0 Å². The van der Waals surface area contributed by atoms with E-state index in [9.17, 15) is 4.79 Å². The van der Waals surface area contributed by atoms with E-state index in [1.54, 1.807) is 7.11 Å². The van der Waals surface area contributed by atoms with Gasteiger partial charge in [-0.05, 0) is 37.5 Å². The molecule has 0 bridgehead atoms. The Bertz CT molecular complexity index is 408. The maximum atomic E-state index is 12.0. The Labute approximate surface area is 110 Å². The largest absolute Gasteiger partial charge is 0.381 e. The molecule has 1 amide bonds. The Balaban J connectivity index is 1.94. The highest BCUT2D eigenvalue weighted by Crippen LogP contribution is 2.22. The second kappa shape index (κ2) is 5.65. The van der Waals surface area contributed by atoms with Crippen LogP contribution >= 0.6 is 15.9 Å². The molecule has 1 aliphatic rings. The second-order valence-corrected chi connectivity index (χ2v) is 5.27. The molecule has 1 fully saturated rings. The van der Waals surface area contributed by atoms with Gasteiger partial charge in [-0.2, -0.15) is 0 Å². The molecule has 3 nitrogen and oxygen atoms in total. The van der Waals surface area contributed by atoms with Gasteiger partial charge in [-0.3, -0.25) is 4.79 Å². The Hall–Kier alpha value is -0.870. The number of carbonyl (C=O) groups is 1. The molecule has 1 aromatic rings. The Morgan fingerprint density at radius 2 is 2.29 bits per heavy atom. The minimum Gasteiger partial charge on any atom is -0.381 e. The summed E-state index contributed by atoms with van der Waals surface area (Å²) in [5.41, 5.74) is 0.695. The number of rotatable bonds is 3. The fraction of sp³-hybridized carbons (Fsp3) is 0.462. The van der Waals surface area contributed by atoms with Crippen molar-refractivity contribution in [2.45, 2.75) is 31.4 Å². The van der Waals surface area contributed by atoms with E-state index >= 15 is 0 Å². The van der Waals surface area contributed by atoms with E-state index in [-0.39, 0.29) is 11.9 Å². The van der Waals surface area contributed by atoms with E-state index in [2.05, 4.69) is 21.2 Å². The molecule has 2 atom stereocenters. The lowest BCUT2D eigenvalue weighted by molar-refractivity contribution is 0.0915. The highest BCUT2D eigenvalue weighted by Gasteiger charge is 2.25. The number of nitrogens with one attached hydrogen (secondary N) is 1. The molecule has 17 heavy (non-hydrogen) atoms. The minimum absolute atomic E-state index is 0.00643. The summed E-state index contributed by atoms with van der Waals surface area (Å²) in [7, 11) is 1.73. The van der Waals surface area contributed by atoms with E-state index in [0.29, 0.717) is 11.7 Å². The first kappa shape index (κ1) is 12.6. The number of hydrogen-bond acceptors (Lipinski definition) is 2. The second-order valence-electron chi connectivity index (χ2n) is 4.35. The number of amides is 1. The van der Waals surface area contributed by atoms with E-state index < -0.39 is 0 Å². The number of methoxy groups -OCH3 is 1. The van der Waals surface area contributed by atoms with Gasteiger partial charge >= 0.3 is 0 Å². The number of hydrogen-bond donors (Lipinski definition) is 1. The lowest BCUT2D eigenvalue weighted by Gasteiger charge is -2.13. The van der Waals surface area contributed by atoms with Gasteiger partial charge in [0.05, 0.1) is 6.10 Å². The average molecular weight is 298 g/mol. The van der Waals surface area contributed by atoms with Crippen molar-refractivity contribution in [2.75, 3.05) is 7.11 Å². The van der Waals surface area contributed by atoms with Crippen LogP contribution in [0.4, 0.5) is 0 Å². The molecule has 0 aliphatic heterocycles. The van der Waals surface area contributed by atoms with Gasteiger partial charge in [0, 0.05) is 23.2 Å². The maximum absolute atomic E-state index is 12.0. The minimum atomic E-state index is -0.00643. The van der Waals surface area contributed by atoms with Gasteiger partial charge < -0.3 is 10.1 Å². The van der Waals surface area contributed by atoms with Crippen molar-refractivity contribution >= 4 is 21.8 Å². The monoisotopic (exact) mass is 297 g/mol. The summed E-state index contributed by atoms with van der Waals surface area (Å²) in [4.78, 5) is 12.0. The van der Waals surface area contributed by atoms with Crippen molar-refractivity contribution in [2.24, 2.45) is 0 Å². The summed E-state index contributed by atoms with van der Waals surface area (Å²) in [6.07, 6.45) is 3.23. The van der Waals surface area contributed by atoms with Gasteiger partial charge in [0.25, 0.3) is 5.91 Å². The quantitative estimate of drug-likeness (QED) is 0.932. The van der Waals surface area contributed by atoms with Gasteiger partial charge in [0.2, 0.25) is 0 Å². The van der Waals surface area contributed by atoms with Crippen LogP contribution in [0.15, 0.2) is 28.7 Å². The molecule has 1 N–H and O–H groups in total. The standard InChI is InChI=1S/C13H16BrNO2/c1-17-12-6-5-11(8-12)15-13(16)9-3-2-4-10(14)7-9/h2-4,7,11-12H,5-6,8H2,1H3,(H,15,16). The highest BCUT2D eigenvalue weighted by atomic mass is 79.9. The summed E-state index contributed by atoms with van der Waals surface area (Å²) in [6, 6.07) is 7.67. The summed E-state index contributed by atoms with van der Waals surface area (Å²) in [5.74, 6) is -0.00643. The van der Waals surface area contributed by atoms with Crippen LogP contribution in [0.5, 0.6) is 0 Å². The topological polar surface area (TPSA) is 38.3 Å². The lowest BCUT2D eigenvalue weighted by Crippen LogP contribution is -2.33. The zero-order valence-electron chi connectivity index (χ0n) is 9.78. The molecule has 4 heteroatoms. The maximum Gasteiger partial charge on any atom is 0.251 e. The highest BCUT2D eigenvalue weighted by molar-refractivity contribution is 9.10. The van der Waals surface area contributed by atoms with E-state index in [1.165, 1.54) is 0 Å². The van der Waals surface area contributed by atoms with Crippen LogP contribution in [-0.2, 0) is 4.74 Å². The molecule has 2 unspecified atom stereocenters. The molecule has 0 spiro atoms. The third kappa shape index (κ3) is 3.30. The Kier molecular flexibility index (Phi) is 4.18. The first-order valence-corrected chi connectivity index (χ1v) is 6.57. The van der Waals surface area contributed by atoms with Gasteiger partial charge in [-0.15, -0.1) is 0 Å². The Morgan fingerprint density at radius 1 is 1.47 bits per heavy atom. The number of ether oxygens (including phenoxy) is 1. The summed E-state index contributed by atoms with van der Waals surface area (Å²) in [6.45, 7) is 0. The summed E-state index contributed by atoms with van der Waals surface area (Å²) in [5, 5.41) is 3.05. The SMILES string of the molecule is COC1CCC(NC(=O)c2cccc(Br)c2)C1. The third-order valence-corrected chi connectivity index (χ3v) is 3.63. The molecule has 1 saturated carbocycles. The molecule has 1 aliphatic carbocycles. The van der Waals surface area contributed by atoms with E-state index in [1.807, 2.05) is 24.3 Å². The van der Waals surface area contributed by atoms with Crippen LogP contribution in [0, 0.1) is 0 Å². The van der Waals surface area contributed by atoms with Crippen LogP contribution in [0.3, 0.4) is 0 Å². The predicted octanol–water partition coefficient (Wildman–Crippen LogP) is 2.75. The summed E-state index contributed by atoms with van der Waals surface area (Å²) < 4.78 is 6.21. The first-order chi connectivity index (χ1) is 8.19. The van der Waals surface area contributed by atoms with Gasteiger partial charge in [0.1, 0.15) is 0 Å². The van der Waals surface area contributed by atoms with Crippen molar-refractivity contribution in [1.29, 1.82) is 0 Å². The fourth-order valence-electron chi connectivity index (χ4n) is 2.18. The van der Waals surface area contributed by atoms with Crippen molar-refractivity contribution in [1.82, 2.24) is 5.32 Å². The molecule has 0 aromatic heterocycles. The van der Waals surface area contributed by atoms with E-state index in [0.717, 1.165) is 23.7 Å². The third-order valence-electron chi connectivity index (χ3n) is 3.14. The molecule has 2 rings (SSSR count). The van der Waals surface area contributed by atoms with Gasteiger partial charge in [-0.1, -0.05) is 22.0 Å². The van der Waals surface area contributed by atoms with Crippen molar-refractivity contribution in [3.05, 3.63) is 34.3 Å². The number of carbonyl (C=O) groups excluding carboxylic acids is 1. The van der Waals surface area contributed by atoms with Crippen LogP contribution in [0.25, 0.3) is 0 Å². The van der Waals surface area contributed by atoms with Crippen molar-refractivity contribution < 1.29 is 9.53 Å². The van der Waals surface area contributed by atoms with Crippen LogP contribution in [-0.4, -0.2) is 25.2 Å². The van der Waals surface area contributed by atoms with Gasteiger partial charge in [0.15, 0.2) is 0 Å². The van der Waals surface area contributed by atoms with Gasteiger partial charge in [-0.25, -0.2) is 0 Å². The molecule has 1 aromatic carbocycles. The molecule has 0 saturated heterocycles. The smallest absolute Gasteiger partial charge is 0.251 e. The van der Waals surface area contributed by atoms with Crippen LogP contribution in [0.1, 0.15) is 29.6 Å².